The molecule has 186 valence electrons. The topological polar surface area (TPSA) is 82.7 Å². The van der Waals surface area contributed by atoms with Crippen LogP contribution in [0.4, 0.5) is 13.2 Å². The molecule has 8 nitrogen and oxygen atoms in total. The summed E-state index contributed by atoms with van der Waals surface area (Å²) in [6, 6.07) is 5.20. The Bertz CT molecular complexity index is 1240. The lowest BCUT2D eigenvalue weighted by Crippen LogP contribution is -2.20. The van der Waals surface area contributed by atoms with Crippen LogP contribution in [0, 0.1) is 0 Å². The second-order valence-corrected chi connectivity index (χ2v) is 10.2. The molecule has 2 aromatic heterocycles. The Labute approximate surface area is 200 Å². The summed E-state index contributed by atoms with van der Waals surface area (Å²) in [7, 11) is 3.91. The summed E-state index contributed by atoms with van der Waals surface area (Å²) in [5.41, 5.74) is 0.884. The summed E-state index contributed by atoms with van der Waals surface area (Å²) in [5.74, 6) is 1.90. The van der Waals surface area contributed by atoms with E-state index in [9.17, 15) is 13.2 Å². The summed E-state index contributed by atoms with van der Waals surface area (Å²) < 4.78 is 48.3. The van der Waals surface area contributed by atoms with Crippen molar-refractivity contribution in [3.05, 3.63) is 53.4 Å². The maximum Gasteiger partial charge on any atom is 0.416 e. The van der Waals surface area contributed by atoms with E-state index in [4.69, 9.17) is 4.74 Å². The lowest BCUT2D eigenvalue weighted by molar-refractivity contribution is -0.137. The molecule has 3 aliphatic rings. The van der Waals surface area contributed by atoms with Crippen LogP contribution in [0.2, 0.25) is 0 Å². The van der Waals surface area contributed by atoms with Crippen molar-refractivity contribution in [1.82, 2.24) is 35.1 Å². The molecular formula is C24H28F3N7O. The monoisotopic (exact) mass is 487 g/mol. The van der Waals surface area contributed by atoms with Gasteiger partial charge < -0.3 is 14.6 Å². The van der Waals surface area contributed by atoms with E-state index >= 15 is 0 Å². The van der Waals surface area contributed by atoms with Gasteiger partial charge in [0.05, 0.1) is 17.3 Å². The van der Waals surface area contributed by atoms with E-state index in [0.29, 0.717) is 11.9 Å². The largest absolute Gasteiger partial charge is 0.486 e. The standard InChI is InChI=1S/C24H28F3N7O/c1-28-23-13-22(23,14-23)19-11-34(32-29-19)17-8-6-15(7-9-17)21-31-30-20(33(21)2)12-35-18-5-3-4-16(10-18)24(25,26)27/h3-5,10-11,15,17,28H,6-9,12-14H2,1-2H3/t15-,17-,22?,23?. The Kier molecular flexibility index (Phi) is 5.00. The summed E-state index contributed by atoms with van der Waals surface area (Å²) in [6.45, 7) is 0.0533. The predicted octanol–water partition coefficient (Wildman–Crippen LogP) is 3.91. The van der Waals surface area contributed by atoms with Crippen molar-refractivity contribution in [3.8, 4) is 5.75 Å². The van der Waals surface area contributed by atoms with Crippen LogP contribution >= 0.6 is 0 Å². The molecule has 3 fully saturated rings. The summed E-state index contributed by atoms with van der Waals surface area (Å²) in [5, 5.41) is 21.0. The van der Waals surface area contributed by atoms with E-state index in [-0.39, 0.29) is 29.2 Å². The number of aromatic nitrogens is 6. The SMILES string of the molecule is CNC12CC1(c1cn([C@H]3CC[C@H](c4nnc(COc5cccc(C(F)(F)F)c5)n4C)CC3)nn1)C2. The number of halogens is 3. The molecule has 2 heterocycles. The third-order valence-electron chi connectivity index (χ3n) is 8.32. The molecule has 3 aliphatic carbocycles. The lowest BCUT2D eigenvalue weighted by atomic mass is 9.85. The van der Waals surface area contributed by atoms with Gasteiger partial charge in [0.25, 0.3) is 0 Å². The summed E-state index contributed by atoms with van der Waals surface area (Å²) in [6.07, 6.45) is 3.96. The molecule has 11 heteroatoms. The highest BCUT2D eigenvalue weighted by atomic mass is 19.4. The average Bonchev–Trinajstić information content (AvgIpc) is 3.48. The number of fused-ring (bicyclic) bond motifs is 1. The smallest absolute Gasteiger partial charge is 0.416 e. The Morgan fingerprint density at radius 3 is 2.57 bits per heavy atom. The molecule has 0 radical (unpaired) electrons. The van der Waals surface area contributed by atoms with Crippen molar-refractivity contribution in [2.24, 2.45) is 7.05 Å². The summed E-state index contributed by atoms with van der Waals surface area (Å²) in [4.78, 5) is 0. The minimum absolute atomic E-state index is 0.0533. The molecule has 35 heavy (non-hydrogen) atoms. The molecule has 3 aromatic rings. The number of likely N-dealkylation sites (N-methyl/N-ethyl adjacent to an activating group) is 1. The van der Waals surface area contributed by atoms with Gasteiger partial charge in [0, 0.05) is 30.1 Å². The molecule has 1 aromatic carbocycles. The zero-order valence-electron chi connectivity index (χ0n) is 19.7. The molecule has 1 N–H and O–H groups in total. The van der Waals surface area contributed by atoms with Gasteiger partial charge in [-0.3, -0.25) is 0 Å². The second-order valence-electron chi connectivity index (χ2n) is 10.2. The fourth-order valence-electron chi connectivity index (χ4n) is 5.77. The van der Waals surface area contributed by atoms with E-state index in [1.807, 2.05) is 23.3 Å². The number of nitrogens with one attached hydrogen (secondary N) is 1. The van der Waals surface area contributed by atoms with E-state index in [1.165, 1.54) is 12.1 Å². The van der Waals surface area contributed by atoms with Crippen molar-refractivity contribution in [2.45, 2.75) is 74.2 Å². The zero-order chi connectivity index (χ0) is 24.4. The number of ether oxygens (including phenoxy) is 1. The quantitative estimate of drug-likeness (QED) is 0.544. The third kappa shape index (κ3) is 3.71. The molecule has 0 saturated heterocycles. The first-order valence-corrected chi connectivity index (χ1v) is 12.0. The molecule has 0 amide bonds. The Hall–Kier alpha value is -2.95. The van der Waals surface area contributed by atoms with Crippen molar-refractivity contribution in [2.75, 3.05) is 7.05 Å². The molecule has 0 unspecified atom stereocenters. The maximum atomic E-state index is 12.9. The number of hydrogen-bond acceptors (Lipinski definition) is 6. The Morgan fingerprint density at radius 1 is 1.11 bits per heavy atom. The number of rotatable bonds is 7. The van der Waals surface area contributed by atoms with Crippen LogP contribution in [0.25, 0.3) is 0 Å². The molecular weight excluding hydrogens is 459 g/mol. The van der Waals surface area contributed by atoms with Crippen LogP contribution in [0.3, 0.4) is 0 Å². The van der Waals surface area contributed by atoms with Gasteiger partial charge in [0.1, 0.15) is 18.2 Å². The van der Waals surface area contributed by atoms with Crippen molar-refractivity contribution < 1.29 is 17.9 Å². The van der Waals surface area contributed by atoms with Gasteiger partial charge in [0.2, 0.25) is 0 Å². The van der Waals surface area contributed by atoms with Crippen LogP contribution in [0.1, 0.15) is 73.4 Å². The highest BCUT2D eigenvalue weighted by molar-refractivity contribution is 5.51. The third-order valence-corrected chi connectivity index (χ3v) is 8.32. The van der Waals surface area contributed by atoms with Crippen LogP contribution < -0.4 is 10.1 Å². The molecule has 6 rings (SSSR count). The number of benzene rings is 1. The molecule has 0 atom stereocenters. The van der Waals surface area contributed by atoms with Crippen molar-refractivity contribution in [1.29, 1.82) is 0 Å². The second kappa shape index (κ2) is 7.78. The Balaban J connectivity index is 1.06. The van der Waals surface area contributed by atoms with Gasteiger partial charge in [0.15, 0.2) is 5.82 Å². The maximum absolute atomic E-state index is 12.9. The van der Waals surface area contributed by atoms with Gasteiger partial charge in [-0.2, -0.15) is 13.2 Å². The van der Waals surface area contributed by atoms with Gasteiger partial charge in [-0.25, -0.2) is 4.68 Å². The number of hydrogen-bond donors (Lipinski definition) is 1. The van der Waals surface area contributed by atoms with Crippen LogP contribution in [0.15, 0.2) is 30.5 Å². The van der Waals surface area contributed by atoms with Gasteiger partial charge in [-0.1, -0.05) is 11.3 Å². The predicted molar refractivity (Wildman–Crippen MR) is 120 cm³/mol. The van der Waals surface area contributed by atoms with Crippen LogP contribution in [0.5, 0.6) is 5.75 Å². The van der Waals surface area contributed by atoms with Crippen LogP contribution in [-0.2, 0) is 25.2 Å². The minimum Gasteiger partial charge on any atom is -0.486 e. The van der Waals surface area contributed by atoms with E-state index in [0.717, 1.165) is 62.2 Å². The van der Waals surface area contributed by atoms with Gasteiger partial charge in [-0.05, 0) is 63.8 Å². The normalized spacial score (nSPS) is 29.6. The first kappa shape index (κ1) is 22.5. The van der Waals surface area contributed by atoms with E-state index in [1.54, 1.807) is 0 Å². The van der Waals surface area contributed by atoms with Gasteiger partial charge >= 0.3 is 6.18 Å². The molecule has 0 aliphatic heterocycles. The van der Waals surface area contributed by atoms with E-state index < -0.39 is 11.7 Å². The zero-order valence-corrected chi connectivity index (χ0v) is 19.7. The fraction of sp³-hybridized carbons (Fsp3) is 0.583. The Morgan fingerprint density at radius 2 is 1.89 bits per heavy atom. The van der Waals surface area contributed by atoms with E-state index in [2.05, 4.69) is 32.0 Å². The molecule has 0 bridgehead atoms. The lowest BCUT2D eigenvalue weighted by Gasteiger charge is -2.27. The fourth-order valence-corrected chi connectivity index (χ4v) is 5.77. The number of alkyl halides is 3. The van der Waals surface area contributed by atoms with Gasteiger partial charge in [-0.15, -0.1) is 15.3 Å². The first-order chi connectivity index (χ1) is 16.7. The van der Waals surface area contributed by atoms with Crippen molar-refractivity contribution >= 4 is 0 Å². The summed E-state index contributed by atoms with van der Waals surface area (Å²) >= 11 is 0. The highest BCUT2D eigenvalue weighted by Gasteiger charge is 2.84. The minimum atomic E-state index is -4.41. The molecule has 0 spiro atoms. The van der Waals surface area contributed by atoms with Crippen LogP contribution in [-0.4, -0.2) is 42.3 Å². The highest BCUT2D eigenvalue weighted by Crippen LogP contribution is 2.78. The average molecular weight is 488 g/mol. The molecule has 3 saturated carbocycles. The first-order valence-electron chi connectivity index (χ1n) is 12.0. The number of nitrogens with zero attached hydrogens (tertiary/aromatic N) is 6. The van der Waals surface area contributed by atoms with Crippen molar-refractivity contribution in [3.63, 3.8) is 0 Å².